The molecule has 0 spiro atoms. The Morgan fingerprint density at radius 1 is 1.09 bits per heavy atom. The monoisotopic (exact) mass is 433 g/mol. The normalized spacial score (nSPS) is 22.9. The van der Waals surface area contributed by atoms with E-state index in [9.17, 15) is 14.4 Å². The maximum atomic E-state index is 13.3. The predicted octanol–water partition coefficient (Wildman–Crippen LogP) is 2.73. The molecule has 2 heterocycles. The van der Waals surface area contributed by atoms with E-state index >= 15 is 0 Å². The zero-order chi connectivity index (χ0) is 22.7. The number of hydrogen-bond acceptors (Lipinski definition) is 3. The SMILES string of the molecule is CCNC(=O)[C@]1(Cc2ccccc2-c2ccccc2)CCN(C(=O)[C@@H]2CC(=O)N(C)C2)C1. The van der Waals surface area contributed by atoms with Crippen molar-refractivity contribution in [2.75, 3.05) is 33.2 Å². The summed E-state index contributed by atoms with van der Waals surface area (Å²) in [7, 11) is 1.74. The Kier molecular flexibility index (Phi) is 6.31. The number of hydrogen-bond donors (Lipinski definition) is 1. The second kappa shape index (κ2) is 9.15. The second-order valence-corrected chi connectivity index (χ2v) is 9.02. The number of rotatable bonds is 6. The molecule has 2 fully saturated rings. The van der Waals surface area contributed by atoms with Gasteiger partial charge >= 0.3 is 0 Å². The minimum atomic E-state index is -0.676. The fourth-order valence-electron chi connectivity index (χ4n) is 5.04. The molecule has 2 aliphatic rings. The summed E-state index contributed by atoms with van der Waals surface area (Å²) in [6, 6.07) is 18.4. The smallest absolute Gasteiger partial charge is 0.228 e. The van der Waals surface area contributed by atoms with E-state index in [4.69, 9.17) is 0 Å². The van der Waals surface area contributed by atoms with E-state index in [1.54, 1.807) is 16.8 Å². The Hall–Kier alpha value is -3.15. The summed E-state index contributed by atoms with van der Waals surface area (Å²) in [5.41, 5.74) is 2.66. The van der Waals surface area contributed by atoms with E-state index in [0.29, 0.717) is 39.0 Å². The topological polar surface area (TPSA) is 69.7 Å². The van der Waals surface area contributed by atoms with Crippen LogP contribution >= 0.6 is 0 Å². The van der Waals surface area contributed by atoms with E-state index in [1.807, 2.05) is 37.3 Å². The molecule has 0 unspecified atom stereocenters. The molecule has 6 heteroatoms. The lowest BCUT2D eigenvalue weighted by Gasteiger charge is -2.29. The van der Waals surface area contributed by atoms with Crippen molar-refractivity contribution in [1.29, 1.82) is 0 Å². The predicted molar refractivity (Wildman–Crippen MR) is 124 cm³/mol. The maximum absolute atomic E-state index is 13.3. The molecule has 0 bridgehead atoms. The van der Waals surface area contributed by atoms with Gasteiger partial charge in [-0.25, -0.2) is 0 Å². The summed E-state index contributed by atoms with van der Waals surface area (Å²) < 4.78 is 0. The third-order valence-electron chi connectivity index (χ3n) is 6.81. The molecule has 2 aliphatic heterocycles. The lowest BCUT2D eigenvalue weighted by Crippen LogP contribution is -2.46. The highest BCUT2D eigenvalue weighted by Gasteiger charge is 2.47. The molecule has 2 atom stereocenters. The van der Waals surface area contributed by atoms with Gasteiger partial charge in [-0.05, 0) is 36.5 Å². The van der Waals surface area contributed by atoms with Crippen molar-refractivity contribution < 1.29 is 14.4 Å². The molecule has 0 radical (unpaired) electrons. The first-order valence-corrected chi connectivity index (χ1v) is 11.4. The van der Waals surface area contributed by atoms with Crippen LogP contribution in [-0.2, 0) is 20.8 Å². The molecule has 2 aromatic carbocycles. The highest BCUT2D eigenvalue weighted by atomic mass is 16.2. The number of amides is 3. The van der Waals surface area contributed by atoms with Crippen LogP contribution in [0.4, 0.5) is 0 Å². The number of nitrogens with one attached hydrogen (secondary N) is 1. The highest BCUT2D eigenvalue weighted by Crippen LogP contribution is 2.38. The molecular formula is C26H31N3O3. The standard InChI is InChI=1S/C26H31N3O3/c1-3-27-25(32)26(13-14-29(18-26)24(31)21-15-23(30)28(2)17-21)16-20-11-7-8-12-22(20)19-9-5-4-6-10-19/h4-12,21H,3,13-18H2,1-2H3,(H,27,32)/t21-,26+/m1/s1. The first kappa shape index (κ1) is 22.1. The summed E-state index contributed by atoms with van der Waals surface area (Å²) in [5.74, 6) is -0.313. The van der Waals surface area contributed by atoms with Gasteiger partial charge in [0.25, 0.3) is 0 Å². The van der Waals surface area contributed by atoms with Crippen LogP contribution in [0.25, 0.3) is 11.1 Å². The summed E-state index contributed by atoms with van der Waals surface area (Å²) >= 11 is 0. The van der Waals surface area contributed by atoms with Crippen LogP contribution in [0.3, 0.4) is 0 Å². The zero-order valence-electron chi connectivity index (χ0n) is 18.8. The molecule has 2 aromatic rings. The minimum Gasteiger partial charge on any atom is -0.356 e. The number of benzene rings is 2. The van der Waals surface area contributed by atoms with Crippen LogP contribution in [0.15, 0.2) is 54.6 Å². The third kappa shape index (κ3) is 4.27. The van der Waals surface area contributed by atoms with Gasteiger partial charge in [0.15, 0.2) is 0 Å². The molecular weight excluding hydrogens is 402 g/mol. The Morgan fingerprint density at radius 2 is 1.81 bits per heavy atom. The molecule has 2 saturated heterocycles. The molecule has 1 N–H and O–H groups in total. The highest BCUT2D eigenvalue weighted by molar-refractivity contribution is 5.91. The molecule has 0 saturated carbocycles. The summed E-state index contributed by atoms with van der Waals surface area (Å²) in [6.07, 6.45) is 1.44. The number of likely N-dealkylation sites (tertiary alicyclic amines) is 2. The van der Waals surface area contributed by atoms with Crippen LogP contribution in [0, 0.1) is 11.3 Å². The first-order valence-electron chi connectivity index (χ1n) is 11.4. The molecule has 0 aromatic heterocycles. The fraction of sp³-hybridized carbons (Fsp3) is 0.423. The van der Waals surface area contributed by atoms with Gasteiger partial charge in [-0.3, -0.25) is 14.4 Å². The second-order valence-electron chi connectivity index (χ2n) is 9.02. The van der Waals surface area contributed by atoms with E-state index < -0.39 is 5.41 Å². The average molecular weight is 434 g/mol. The van der Waals surface area contributed by atoms with E-state index in [0.717, 1.165) is 16.7 Å². The van der Waals surface area contributed by atoms with Crippen molar-refractivity contribution in [2.45, 2.75) is 26.2 Å². The van der Waals surface area contributed by atoms with Crippen molar-refractivity contribution in [3.05, 3.63) is 60.2 Å². The van der Waals surface area contributed by atoms with Gasteiger partial charge in [0.05, 0.1) is 11.3 Å². The fourth-order valence-corrected chi connectivity index (χ4v) is 5.04. The van der Waals surface area contributed by atoms with Crippen LogP contribution in [0.5, 0.6) is 0 Å². The van der Waals surface area contributed by atoms with Crippen molar-refractivity contribution in [1.82, 2.24) is 15.1 Å². The van der Waals surface area contributed by atoms with Gasteiger partial charge in [-0.2, -0.15) is 0 Å². The maximum Gasteiger partial charge on any atom is 0.228 e. The summed E-state index contributed by atoms with van der Waals surface area (Å²) in [4.78, 5) is 41.8. The lowest BCUT2D eigenvalue weighted by molar-refractivity contribution is -0.136. The van der Waals surface area contributed by atoms with Gasteiger partial charge in [0.2, 0.25) is 17.7 Å². The quantitative estimate of drug-likeness (QED) is 0.762. The molecule has 0 aliphatic carbocycles. The molecule has 6 nitrogen and oxygen atoms in total. The average Bonchev–Trinajstić information content (AvgIpc) is 3.39. The Bertz CT molecular complexity index is 1010. The largest absolute Gasteiger partial charge is 0.356 e. The number of carbonyl (C=O) groups excluding carboxylic acids is 3. The summed E-state index contributed by atoms with van der Waals surface area (Å²) in [5, 5.41) is 3.01. The van der Waals surface area contributed by atoms with Gasteiger partial charge in [0, 0.05) is 39.6 Å². The van der Waals surface area contributed by atoms with Crippen LogP contribution in [0.1, 0.15) is 25.3 Å². The van der Waals surface area contributed by atoms with Crippen molar-refractivity contribution in [3.8, 4) is 11.1 Å². The van der Waals surface area contributed by atoms with Gasteiger partial charge in [0.1, 0.15) is 0 Å². The van der Waals surface area contributed by atoms with Gasteiger partial charge in [-0.15, -0.1) is 0 Å². The third-order valence-corrected chi connectivity index (χ3v) is 6.81. The van der Waals surface area contributed by atoms with E-state index in [-0.39, 0.29) is 30.1 Å². The molecule has 3 amide bonds. The molecule has 4 rings (SSSR count). The van der Waals surface area contributed by atoms with Crippen molar-refractivity contribution in [3.63, 3.8) is 0 Å². The molecule has 168 valence electrons. The van der Waals surface area contributed by atoms with Crippen LogP contribution in [-0.4, -0.2) is 60.7 Å². The number of nitrogens with zero attached hydrogens (tertiary/aromatic N) is 2. The van der Waals surface area contributed by atoms with Gasteiger partial charge < -0.3 is 15.1 Å². The lowest BCUT2D eigenvalue weighted by atomic mass is 9.78. The van der Waals surface area contributed by atoms with Crippen molar-refractivity contribution >= 4 is 17.7 Å². The van der Waals surface area contributed by atoms with E-state index in [1.165, 1.54) is 0 Å². The van der Waals surface area contributed by atoms with Crippen LogP contribution < -0.4 is 5.32 Å². The van der Waals surface area contributed by atoms with Crippen LogP contribution in [0.2, 0.25) is 0 Å². The molecule has 32 heavy (non-hydrogen) atoms. The van der Waals surface area contributed by atoms with Gasteiger partial charge in [-0.1, -0.05) is 54.6 Å². The minimum absolute atomic E-state index is 0.00205. The summed E-state index contributed by atoms with van der Waals surface area (Å²) in [6.45, 7) is 3.85. The Morgan fingerprint density at radius 3 is 2.50 bits per heavy atom. The van der Waals surface area contributed by atoms with Crippen molar-refractivity contribution in [2.24, 2.45) is 11.3 Å². The van der Waals surface area contributed by atoms with E-state index in [2.05, 4.69) is 29.6 Å². The number of carbonyl (C=O) groups is 3. The Balaban J connectivity index is 1.60. The zero-order valence-corrected chi connectivity index (χ0v) is 18.8. The first-order chi connectivity index (χ1) is 15.4. The Labute approximate surface area is 189 Å².